The van der Waals surface area contributed by atoms with Gasteiger partial charge in [0.2, 0.25) is 11.8 Å². The monoisotopic (exact) mass is 563 g/mol. The molecule has 1 unspecified atom stereocenters. The lowest BCUT2D eigenvalue weighted by Gasteiger charge is -2.30. The van der Waals surface area contributed by atoms with Crippen molar-refractivity contribution in [3.8, 4) is 11.5 Å². The molecule has 0 saturated carbocycles. The molecule has 0 bridgehead atoms. The third-order valence-electron chi connectivity index (χ3n) is 6.04. The summed E-state index contributed by atoms with van der Waals surface area (Å²) in [6.07, 6.45) is -0.0911. The van der Waals surface area contributed by atoms with Gasteiger partial charge in [-0.3, -0.25) is 19.3 Å². The predicted molar refractivity (Wildman–Crippen MR) is 152 cm³/mol. The molecule has 0 spiro atoms. The fourth-order valence-corrected chi connectivity index (χ4v) is 5.67. The Kier molecular flexibility index (Phi) is 7.94. The minimum Gasteiger partial charge on any atom is -0.497 e. The lowest BCUT2D eigenvalue weighted by molar-refractivity contribution is -0.126. The number of amides is 3. The Bertz CT molecular complexity index is 1470. The summed E-state index contributed by atoms with van der Waals surface area (Å²) < 4.78 is 10.6. The third kappa shape index (κ3) is 5.81. The van der Waals surface area contributed by atoms with Crippen LogP contribution in [-0.2, 0) is 20.9 Å². The minimum absolute atomic E-state index is 0.00334. The number of methoxy groups -OCH3 is 2. The highest BCUT2D eigenvalue weighted by Crippen LogP contribution is 2.35. The summed E-state index contributed by atoms with van der Waals surface area (Å²) >= 11 is 2.70. The van der Waals surface area contributed by atoms with E-state index in [0.717, 1.165) is 16.6 Å². The number of benzene rings is 2. The molecular formula is C27H25N5O5S2. The summed E-state index contributed by atoms with van der Waals surface area (Å²) in [5.41, 5.74) is 1.81. The van der Waals surface area contributed by atoms with Crippen molar-refractivity contribution in [2.75, 3.05) is 25.3 Å². The van der Waals surface area contributed by atoms with Gasteiger partial charge in [0.15, 0.2) is 5.17 Å². The number of hydrogen-bond donors (Lipinski definition) is 2. The molecule has 3 heterocycles. The van der Waals surface area contributed by atoms with Crippen molar-refractivity contribution in [1.82, 2.24) is 10.2 Å². The van der Waals surface area contributed by atoms with Crippen LogP contribution in [0.5, 0.6) is 11.5 Å². The van der Waals surface area contributed by atoms with E-state index in [1.54, 1.807) is 34.4 Å². The number of thioether (sulfide) groups is 1. The van der Waals surface area contributed by atoms with Gasteiger partial charge in [0.05, 0.1) is 44.3 Å². The van der Waals surface area contributed by atoms with Crippen molar-refractivity contribution < 1.29 is 23.9 Å². The maximum absolute atomic E-state index is 13.0. The number of anilines is 1. The number of hydrogen-bond acceptors (Lipinski definition) is 9. The zero-order chi connectivity index (χ0) is 27.4. The summed E-state index contributed by atoms with van der Waals surface area (Å²) in [5, 5.41) is 8.06. The van der Waals surface area contributed by atoms with Crippen LogP contribution in [0.1, 0.15) is 16.9 Å². The number of carbonyl (C=O) groups excluding carboxylic acids is 3. The Hall–Kier alpha value is -4.16. The SMILES string of the molecule is COc1ccc(OC)c(NC(=O)CSC2=Nc3ccccc3C3=NC(=O)C(CC(=O)NCc4cccs4)N23)c1. The lowest BCUT2D eigenvalue weighted by Crippen LogP contribution is -2.46. The molecule has 12 heteroatoms. The highest BCUT2D eigenvalue weighted by molar-refractivity contribution is 8.14. The largest absolute Gasteiger partial charge is 0.497 e. The van der Waals surface area contributed by atoms with Gasteiger partial charge in [-0.1, -0.05) is 30.0 Å². The molecule has 1 atom stereocenters. The van der Waals surface area contributed by atoms with Crippen molar-refractivity contribution in [1.29, 1.82) is 0 Å². The second kappa shape index (κ2) is 11.7. The molecule has 3 aromatic rings. The van der Waals surface area contributed by atoms with E-state index >= 15 is 0 Å². The number of nitrogens with zero attached hydrogens (tertiary/aromatic N) is 3. The number of fused-ring (bicyclic) bond motifs is 3. The van der Waals surface area contributed by atoms with Crippen LogP contribution in [0, 0.1) is 0 Å². The second-order valence-corrected chi connectivity index (χ2v) is 10.5. The van der Waals surface area contributed by atoms with Gasteiger partial charge in [-0.15, -0.1) is 11.3 Å². The molecule has 0 fully saturated rings. The fraction of sp³-hybridized carbons (Fsp3) is 0.222. The second-order valence-electron chi connectivity index (χ2n) is 8.53. The van der Waals surface area contributed by atoms with E-state index in [0.29, 0.717) is 46.0 Å². The minimum atomic E-state index is -0.857. The van der Waals surface area contributed by atoms with E-state index in [4.69, 9.17) is 14.5 Å². The molecule has 0 radical (unpaired) electrons. The van der Waals surface area contributed by atoms with Crippen molar-refractivity contribution in [3.63, 3.8) is 0 Å². The van der Waals surface area contributed by atoms with Crippen molar-refractivity contribution in [2.45, 2.75) is 19.0 Å². The molecule has 2 aromatic carbocycles. The maximum atomic E-state index is 13.0. The topological polar surface area (TPSA) is 122 Å². The van der Waals surface area contributed by atoms with E-state index in [9.17, 15) is 14.4 Å². The molecular weight excluding hydrogens is 538 g/mol. The molecule has 39 heavy (non-hydrogen) atoms. The first-order valence-electron chi connectivity index (χ1n) is 12.0. The van der Waals surface area contributed by atoms with E-state index in [2.05, 4.69) is 15.6 Å². The Morgan fingerprint density at radius 3 is 2.67 bits per heavy atom. The number of para-hydroxylation sites is 1. The highest BCUT2D eigenvalue weighted by Gasteiger charge is 2.42. The average molecular weight is 564 g/mol. The summed E-state index contributed by atoms with van der Waals surface area (Å²) in [6, 6.07) is 15.4. The van der Waals surface area contributed by atoms with Crippen LogP contribution < -0.4 is 20.1 Å². The predicted octanol–water partition coefficient (Wildman–Crippen LogP) is 3.80. The third-order valence-corrected chi connectivity index (χ3v) is 7.87. The van der Waals surface area contributed by atoms with E-state index in [-0.39, 0.29) is 24.0 Å². The van der Waals surface area contributed by atoms with Crippen LogP contribution in [-0.4, -0.2) is 59.6 Å². The number of ether oxygens (including phenoxy) is 2. The molecule has 1 aromatic heterocycles. The molecule has 2 N–H and O–H groups in total. The zero-order valence-electron chi connectivity index (χ0n) is 21.2. The van der Waals surface area contributed by atoms with Gasteiger partial charge in [-0.25, -0.2) is 4.99 Å². The van der Waals surface area contributed by atoms with Crippen LogP contribution in [0.2, 0.25) is 0 Å². The molecule has 10 nitrogen and oxygen atoms in total. The number of rotatable bonds is 9. The molecule has 2 aliphatic rings. The molecule has 200 valence electrons. The molecule has 0 aliphatic carbocycles. The number of nitrogens with one attached hydrogen (secondary N) is 2. The zero-order valence-corrected chi connectivity index (χ0v) is 22.8. The van der Waals surface area contributed by atoms with Crippen LogP contribution in [0.25, 0.3) is 0 Å². The summed E-state index contributed by atoms with van der Waals surface area (Å²) in [6.45, 7) is 0.386. The van der Waals surface area contributed by atoms with Gasteiger partial charge in [-0.2, -0.15) is 4.99 Å². The number of carbonyl (C=O) groups is 3. The van der Waals surface area contributed by atoms with Gasteiger partial charge >= 0.3 is 0 Å². The fourth-order valence-electron chi connectivity index (χ4n) is 4.18. The number of aliphatic imine (C=N–C) groups is 2. The molecule has 2 aliphatic heterocycles. The summed E-state index contributed by atoms with van der Waals surface area (Å²) in [5.74, 6) is 0.490. The number of amidine groups is 2. The molecule has 5 rings (SSSR count). The van der Waals surface area contributed by atoms with Gasteiger partial charge in [0, 0.05) is 16.5 Å². The van der Waals surface area contributed by atoms with Crippen LogP contribution in [0.4, 0.5) is 11.4 Å². The first-order valence-corrected chi connectivity index (χ1v) is 13.9. The number of thiophene rings is 1. The summed E-state index contributed by atoms with van der Waals surface area (Å²) in [4.78, 5) is 50.4. The smallest absolute Gasteiger partial charge is 0.271 e. The van der Waals surface area contributed by atoms with Crippen molar-refractivity contribution in [3.05, 3.63) is 70.4 Å². The van der Waals surface area contributed by atoms with Crippen LogP contribution in [0.15, 0.2) is 70.0 Å². The summed E-state index contributed by atoms with van der Waals surface area (Å²) in [7, 11) is 3.06. The van der Waals surface area contributed by atoms with Gasteiger partial charge < -0.3 is 20.1 Å². The van der Waals surface area contributed by atoms with E-state index in [1.807, 2.05) is 41.8 Å². The first-order chi connectivity index (χ1) is 19.0. The quantitative estimate of drug-likeness (QED) is 0.406. The van der Waals surface area contributed by atoms with E-state index < -0.39 is 11.9 Å². The van der Waals surface area contributed by atoms with E-state index in [1.165, 1.54) is 14.2 Å². The van der Waals surface area contributed by atoms with Gasteiger partial charge in [0.25, 0.3) is 5.91 Å². The van der Waals surface area contributed by atoms with Crippen molar-refractivity contribution in [2.24, 2.45) is 9.98 Å². The maximum Gasteiger partial charge on any atom is 0.271 e. The van der Waals surface area contributed by atoms with Crippen molar-refractivity contribution >= 4 is 63.2 Å². The van der Waals surface area contributed by atoms with Gasteiger partial charge in [-0.05, 0) is 35.7 Å². The standard InChI is InChI=1S/C27H25N5O5S2/c1-36-16-9-10-22(37-2)20(12-16)29-24(34)15-39-27-30-19-8-4-3-7-18(19)25-31-26(35)21(32(25)27)13-23(33)28-14-17-6-5-11-38-17/h3-12,21H,13-15H2,1-2H3,(H,28,33)(H,29,34). The Morgan fingerprint density at radius 2 is 1.90 bits per heavy atom. The molecule has 3 amide bonds. The lowest BCUT2D eigenvalue weighted by atomic mass is 10.1. The Morgan fingerprint density at radius 1 is 1.05 bits per heavy atom. The molecule has 0 saturated heterocycles. The van der Waals surface area contributed by atoms with Crippen LogP contribution >= 0.6 is 23.1 Å². The average Bonchev–Trinajstić information content (AvgIpc) is 3.58. The van der Waals surface area contributed by atoms with Gasteiger partial charge in [0.1, 0.15) is 23.4 Å². The first kappa shape index (κ1) is 26.4. The highest BCUT2D eigenvalue weighted by atomic mass is 32.2. The Balaban J connectivity index is 1.32. The normalized spacial score (nSPS) is 15.6. The Labute approximate surface area is 233 Å². The van der Waals surface area contributed by atoms with Crippen LogP contribution in [0.3, 0.4) is 0 Å².